The number of carbonyl (C=O) groups excluding carboxylic acids is 2. The smallest absolute Gasteiger partial charge is 0.337 e. The third-order valence-electron chi connectivity index (χ3n) is 3.53. The second kappa shape index (κ2) is 9.08. The molecular formula is C19H19N3O3. The van der Waals surface area contributed by atoms with Gasteiger partial charge >= 0.3 is 12.0 Å². The molecule has 0 radical (unpaired) electrons. The number of methoxy groups -OCH3 is 1. The van der Waals surface area contributed by atoms with Gasteiger partial charge in [0.05, 0.1) is 25.2 Å². The van der Waals surface area contributed by atoms with Gasteiger partial charge in [-0.15, -0.1) is 0 Å². The van der Waals surface area contributed by atoms with Crippen LogP contribution in [-0.2, 0) is 11.3 Å². The first-order valence-corrected chi connectivity index (χ1v) is 7.79. The molecule has 0 atom stereocenters. The Morgan fingerprint density at radius 1 is 1.16 bits per heavy atom. The van der Waals surface area contributed by atoms with Crippen LogP contribution in [0.3, 0.4) is 0 Å². The van der Waals surface area contributed by atoms with Crippen molar-refractivity contribution in [2.24, 2.45) is 0 Å². The van der Waals surface area contributed by atoms with Gasteiger partial charge in [-0.25, -0.2) is 9.59 Å². The maximum absolute atomic E-state index is 12.6. The molecule has 0 bridgehead atoms. The molecule has 0 fully saturated rings. The summed E-state index contributed by atoms with van der Waals surface area (Å²) in [7, 11) is 1.30. The van der Waals surface area contributed by atoms with E-state index in [1.54, 1.807) is 29.2 Å². The van der Waals surface area contributed by atoms with Crippen LogP contribution < -0.4 is 5.32 Å². The van der Waals surface area contributed by atoms with Crippen LogP contribution >= 0.6 is 0 Å². The Kier molecular flexibility index (Phi) is 6.55. The average Bonchev–Trinajstić information content (AvgIpc) is 2.65. The Morgan fingerprint density at radius 3 is 2.60 bits per heavy atom. The molecule has 0 saturated carbocycles. The van der Waals surface area contributed by atoms with E-state index in [0.717, 1.165) is 5.56 Å². The van der Waals surface area contributed by atoms with Crippen LogP contribution in [0.4, 0.5) is 10.5 Å². The first kappa shape index (κ1) is 18.0. The quantitative estimate of drug-likeness (QED) is 0.819. The monoisotopic (exact) mass is 337 g/mol. The molecule has 2 aromatic carbocycles. The number of ether oxygens (including phenoxy) is 1. The maximum atomic E-state index is 12.6. The summed E-state index contributed by atoms with van der Waals surface area (Å²) in [4.78, 5) is 25.7. The van der Waals surface area contributed by atoms with Crippen LogP contribution in [0, 0.1) is 11.3 Å². The van der Waals surface area contributed by atoms with E-state index in [4.69, 9.17) is 5.26 Å². The zero-order chi connectivity index (χ0) is 18.1. The Morgan fingerprint density at radius 2 is 1.92 bits per heavy atom. The lowest BCUT2D eigenvalue weighted by Gasteiger charge is -2.22. The molecule has 0 aliphatic heterocycles. The van der Waals surface area contributed by atoms with Gasteiger partial charge in [0, 0.05) is 18.8 Å². The van der Waals surface area contributed by atoms with Crippen molar-refractivity contribution < 1.29 is 14.3 Å². The zero-order valence-electron chi connectivity index (χ0n) is 13.9. The molecule has 0 aliphatic carbocycles. The second-order valence-corrected chi connectivity index (χ2v) is 5.32. The molecule has 1 N–H and O–H groups in total. The summed E-state index contributed by atoms with van der Waals surface area (Å²) in [5, 5.41) is 11.6. The van der Waals surface area contributed by atoms with Crippen LogP contribution in [0.2, 0.25) is 0 Å². The highest BCUT2D eigenvalue weighted by molar-refractivity contribution is 5.93. The SMILES string of the molecule is COC(=O)c1cccc(NC(=O)N(CCC#N)Cc2ccccc2)c1. The van der Waals surface area contributed by atoms with E-state index in [-0.39, 0.29) is 12.5 Å². The number of rotatable bonds is 6. The lowest BCUT2D eigenvalue weighted by atomic mass is 10.2. The number of esters is 1. The third kappa shape index (κ3) is 5.36. The molecule has 2 aromatic rings. The van der Waals surface area contributed by atoms with Gasteiger partial charge in [-0.1, -0.05) is 36.4 Å². The fraction of sp³-hybridized carbons (Fsp3) is 0.211. The summed E-state index contributed by atoms with van der Waals surface area (Å²) < 4.78 is 4.68. The molecule has 128 valence electrons. The second-order valence-electron chi connectivity index (χ2n) is 5.32. The first-order valence-electron chi connectivity index (χ1n) is 7.79. The fourth-order valence-electron chi connectivity index (χ4n) is 2.29. The third-order valence-corrected chi connectivity index (χ3v) is 3.53. The van der Waals surface area contributed by atoms with Gasteiger partial charge in [-0.3, -0.25) is 0 Å². The minimum Gasteiger partial charge on any atom is -0.465 e. The predicted molar refractivity (Wildman–Crippen MR) is 93.9 cm³/mol. The minimum absolute atomic E-state index is 0.239. The van der Waals surface area contributed by atoms with Crippen molar-refractivity contribution in [1.82, 2.24) is 4.90 Å². The molecule has 6 nitrogen and oxygen atoms in total. The van der Waals surface area contributed by atoms with Crippen molar-refractivity contribution in [3.8, 4) is 6.07 Å². The number of amides is 2. The summed E-state index contributed by atoms with van der Waals surface area (Å²) in [6.07, 6.45) is 0.239. The number of nitriles is 1. The van der Waals surface area contributed by atoms with Gasteiger partial charge in [0.1, 0.15) is 0 Å². The number of hydrogen-bond donors (Lipinski definition) is 1. The zero-order valence-corrected chi connectivity index (χ0v) is 13.9. The van der Waals surface area contributed by atoms with Crippen LogP contribution in [-0.4, -0.2) is 30.6 Å². The molecule has 6 heteroatoms. The van der Waals surface area contributed by atoms with Gasteiger partial charge in [0.2, 0.25) is 0 Å². The lowest BCUT2D eigenvalue weighted by Crippen LogP contribution is -2.35. The van der Waals surface area contributed by atoms with Gasteiger partial charge in [-0.2, -0.15) is 5.26 Å². The van der Waals surface area contributed by atoms with E-state index < -0.39 is 5.97 Å². The van der Waals surface area contributed by atoms with Crippen molar-refractivity contribution in [2.45, 2.75) is 13.0 Å². The molecule has 2 amide bonds. The molecule has 0 heterocycles. The van der Waals surface area contributed by atoms with E-state index in [2.05, 4.69) is 16.1 Å². The van der Waals surface area contributed by atoms with Gasteiger partial charge in [0.15, 0.2) is 0 Å². The summed E-state index contributed by atoms with van der Waals surface area (Å²) in [6, 6.07) is 17.8. The fourth-order valence-corrected chi connectivity index (χ4v) is 2.29. The van der Waals surface area contributed by atoms with Crippen molar-refractivity contribution in [3.63, 3.8) is 0 Å². The number of nitrogens with one attached hydrogen (secondary N) is 1. The van der Waals surface area contributed by atoms with E-state index >= 15 is 0 Å². The Labute approximate surface area is 146 Å². The number of anilines is 1. The molecule has 0 aliphatic rings. The summed E-state index contributed by atoms with van der Waals surface area (Å²) in [6.45, 7) is 0.707. The van der Waals surface area contributed by atoms with Crippen molar-refractivity contribution in [3.05, 3.63) is 65.7 Å². The van der Waals surface area contributed by atoms with E-state index in [1.807, 2.05) is 30.3 Å². The van der Waals surface area contributed by atoms with Gasteiger partial charge in [-0.05, 0) is 23.8 Å². The average molecular weight is 337 g/mol. The van der Waals surface area contributed by atoms with Crippen LogP contribution in [0.15, 0.2) is 54.6 Å². The molecule has 0 aromatic heterocycles. The van der Waals surface area contributed by atoms with Gasteiger partial charge in [0.25, 0.3) is 0 Å². The number of urea groups is 1. The lowest BCUT2D eigenvalue weighted by molar-refractivity contribution is 0.0600. The van der Waals surface area contributed by atoms with E-state index in [1.165, 1.54) is 7.11 Å². The van der Waals surface area contributed by atoms with E-state index in [0.29, 0.717) is 24.3 Å². The summed E-state index contributed by atoms with van der Waals surface area (Å²) in [5.41, 5.74) is 1.81. The van der Waals surface area contributed by atoms with Crippen LogP contribution in [0.1, 0.15) is 22.3 Å². The van der Waals surface area contributed by atoms with Crippen molar-refractivity contribution in [2.75, 3.05) is 19.0 Å². The molecule has 0 spiro atoms. The Bertz CT molecular complexity index is 769. The van der Waals surface area contributed by atoms with Crippen LogP contribution in [0.5, 0.6) is 0 Å². The summed E-state index contributed by atoms with van der Waals surface area (Å²) >= 11 is 0. The molecular weight excluding hydrogens is 318 g/mol. The largest absolute Gasteiger partial charge is 0.465 e. The van der Waals surface area contributed by atoms with E-state index in [9.17, 15) is 9.59 Å². The molecule has 25 heavy (non-hydrogen) atoms. The standard InChI is InChI=1S/C19H19N3O3/c1-25-18(23)16-9-5-10-17(13-16)21-19(24)22(12-6-11-20)14-15-7-3-2-4-8-15/h2-5,7-10,13H,6,12,14H2,1H3,(H,21,24). The molecule has 2 rings (SSSR count). The van der Waals surface area contributed by atoms with Crippen molar-refractivity contribution >= 4 is 17.7 Å². The predicted octanol–water partition coefficient (Wildman–Crippen LogP) is 3.42. The summed E-state index contributed by atoms with van der Waals surface area (Å²) in [5.74, 6) is -0.471. The topological polar surface area (TPSA) is 82.4 Å². The maximum Gasteiger partial charge on any atom is 0.337 e. The van der Waals surface area contributed by atoms with Crippen molar-refractivity contribution in [1.29, 1.82) is 5.26 Å². The Hall–Kier alpha value is -3.33. The highest BCUT2D eigenvalue weighted by atomic mass is 16.5. The number of nitrogens with zero attached hydrogens (tertiary/aromatic N) is 2. The first-order chi connectivity index (χ1) is 12.1. The number of hydrogen-bond acceptors (Lipinski definition) is 4. The molecule has 0 unspecified atom stereocenters. The number of benzene rings is 2. The minimum atomic E-state index is -0.471. The molecule has 0 saturated heterocycles. The normalized spacial score (nSPS) is 9.76. The Balaban J connectivity index is 2.11. The van der Waals surface area contributed by atoms with Crippen LogP contribution in [0.25, 0.3) is 0 Å². The number of carbonyl (C=O) groups is 2. The van der Waals surface area contributed by atoms with Gasteiger partial charge < -0.3 is 15.0 Å². The highest BCUT2D eigenvalue weighted by Gasteiger charge is 2.15. The highest BCUT2D eigenvalue weighted by Crippen LogP contribution is 2.14.